The SMILES string of the molecule is C=CCN1C(=O)NC(c2ccc(Cl)cc2Cl)C(C(=O)OCC)=C1CN1CCCN(C(=O)CC(C)C)CC1. The molecule has 1 fully saturated rings. The van der Waals surface area contributed by atoms with Crippen LogP contribution in [0.1, 0.15) is 45.2 Å². The van der Waals surface area contributed by atoms with Crippen LogP contribution in [-0.4, -0.2) is 78.5 Å². The lowest BCUT2D eigenvalue weighted by Crippen LogP contribution is -2.51. The van der Waals surface area contributed by atoms with Crippen LogP contribution in [0.15, 0.2) is 42.1 Å². The van der Waals surface area contributed by atoms with Gasteiger partial charge < -0.3 is 15.0 Å². The Kier molecular flexibility index (Phi) is 10.4. The van der Waals surface area contributed by atoms with E-state index in [4.69, 9.17) is 27.9 Å². The molecule has 1 saturated heterocycles. The highest BCUT2D eigenvalue weighted by Gasteiger charge is 2.39. The van der Waals surface area contributed by atoms with Gasteiger partial charge in [0, 0.05) is 61.4 Å². The van der Waals surface area contributed by atoms with Crippen LogP contribution < -0.4 is 5.32 Å². The monoisotopic (exact) mass is 550 g/mol. The number of urea groups is 1. The molecule has 2 aliphatic rings. The molecule has 0 spiro atoms. The highest BCUT2D eigenvalue weighted by Crippen LogP contribution is 2.36. The van der Waals surface area contributed by atoms with Crippen molar-refractivity contribution >= 4 is 41.1 Å². The molecule has 10 heteroatoms. The quantitative estimate of drug-likeness (QED) is 0.357. The number of hydrogen-bond donors (Lipinski definition) is 1. The Balaban J connectivity index is 1.99. The second kappa shape index (κ2) is 13.3. The van der Waals surface area contributed by atoms with Crippen molar-refractivity contribution in [1.29, 1.82) is 0 Å². The van der Waals surface area contributed by atoms with Crippen LogP contribution in [0.25, 0.3) is 0 Å². The molecule has 1 aromatic rings. The number of hydrogen-bond acceptors (Lipinski definition) is 5. The van der Waals surface area contributed by atoms with E-state index in [2.05, 4.69) is 16.8 Å². The third kappa shape index (κ3) is 7.27. The van der Waals surface area contributed by atoms with Crippen molar-refractivity contribution in [1.82, 2.24) is 20.0 Å². The summed E-state index contributed by atoms with van der Waals surface area (Å²) in [5.41, 5.74) is 1.42. The average molecular weight is 552 g/mol. The van der Waals surface area contributed by atoms with Crippen LogP contribution in [0.2, 0.25) is 10.0 Å². The lowest BCUT2D eigenvalue weighted by atomic mass is 9.94. The van der Waals surface area contributed by atoms with Crippen molar-refractivity contribution in [2.75, 3.05) is 45.9 Å². The number of rotatable bonds is 9. The summed E-state index contributed by atoms with van der Waals surface area (Å²) < 4.78 is 5.45. The minimum atomic E-state index is -0.802. The normalized spacial score (nSPS) is 19.1. The van der Waals surface area contributed by atoms with Gasteiger partial charge in [-0.05, 0) is 37.0 Å². The van der Waals surface area contributed by atoms with E-state index >= 15 is 0 Å². The molecule has 0 aromatic heterocycles. The number of ether oxygens (including phenoxy) is 1. The second-order valence-electron chi connectivity index (χ2n) is 9.64. The van der Waals surface area contributed by atoms with Gasteiger partial charge in [0.1, 0.15) is 0 Å². The maximum absolute atomic E-state index is 13.4. The zero-order chi connectivity index (χ0) is 27.1. The van der Waals surface area contributed by atoms with Crippen molar-refractivity contribution < 1.29 is 19.1 Å². The lowest BCUT2D eigenvalue weighted by molar-refractivity contribution is -0.139. The van der Waals surface area contributed by atoms with Crippen LogP contribution in [0, 0.1) is 5.92 Å². The van der Waals surface area contributed by atoms with Crippen molar-refractivity contribution in [3.63, 3.8) is 0 Å². The van der Waals surface area contributed by atoms with Gasteiger partial charge in [-0.25, -0.2) is 9.59 Å². The van der Waals surface area contributed by atoms with Gasteiger partial charge in [-0.2, -0.15) is 0 Å². The van der Waals surface area contributed by atoms with Gasteiger partial charge in [0.05, 0.1) is 18.2 Å². The molecular weight excluding hydrogens is 515 g/mol. The maximum Gasteiger partial charge on any atom is 0.338 e. The second-order valence-corrected chi connectivity index (χ2v) is 10.5. The van der Waals surface area contributed by atoms with Crippen molar-refractivity contribution in [3.8, 4) is 0 Å². The number of nitrogens with zero attached hydrogens (tertiary/aromatic N) is 3. The molecule has 1 atom stereocenters. The van der Waals surface area contributed by atoms with Gasteiger partial charge in [-0.15, -0.1) is 6.58 Å². The maximum atomic E-state index is 13.4. The fourth-order valence-electron chi connectivity index (χ4n) is 4.68. The molecule has 1 aromatic carbocycles. The highest BCUT2D eigenvalue weighted by atomic mass is 35.5. The molecule has 0 saturated carbocycles. The van der Waals surface area contributed by atoms with Gasteiger partial charge in [0.25, 0.3) is 0 Å². The fraction of sp³-hybridized carbons (Fsp3) is 0.519. The molecule has 202 valence electrons. The van der Waals surface area contributed by atoms with Gasteiger partial charge in [0.2, 0.25) is 5.91 Å². The lowest BCUT2D eigenvalue weighted by Gasteiger charge is -2.38. The summed E-state index contributed by atoms with van der Waals surface area (Å²) in [6, 6.07) is 3.80. The van der Waals surface area contributed by atoms with Gasteiger partial charge in [-0.3, -0.25) is 14.6 Å². The number of benzene rings is 1. The largest absolute Gasteiger partial charge is 0.463 e. The van der Waals surface area contributed by atoms with Crippen molar-refractivity contribution in [2.24, 2.45) is 5.92 Å². The van der Waals surface area contributed by atoms with E-state index in [0.717, 1.165) is 13.0 Å². The van der Waals surface area contributed by atoms with Crippen LogP contribution in [-0.2, 0) is 14.3 Å². The minimum absolute atomic E-state index is 0.158. The summed E-state index contributed by atoms with van der Waals surface area (Å²) >= 11 is 12.6. The first-order chi connectivity index (χ1) is 17.7. The zero-order valence-electron chi connectivity index (χ0n) is 21.8. The standard InChI is InChI=1S/C27H36Cl2N4O4/c1-5-10-33-22(17-31-11-7-12-32(14-13-31)23(34)15-18(3)4)24(26(35)37-6-2)25(30-27(33)36)20-9-8-19(28)16-21(20)29/h5,8-9,16,18,25H,1,6-7,10-15,17H2,2-4H3,(H,30,36). The summed E-state index contributed by atoms with van der Waals surface area (Å²) in [7, 11) is 0. The molecule has 3 amide bonds. The Bertz CT molecular complexity index is 1060. The topological polar surface area (TPSA) is 82.2 Å². The molecule has 2 aliphatic heterocycles. The van der Waals surface area contributed by atoms with E-state index in [-0.39, 0.29) is 25.1 Å². The Hall–Kier alpha value is -2.55. The smallest absolute Gasteiger partial charge is 0.338 e. The van der Waals surface area contributed by atoms with E-state index < -0.39 is 12.0 Å². The number of amides is 3. The molecular formula is C27H36Cl2N4O4. The molecule has 0 aliphatic carbocycles. The predicted molar refractivity (Wildman–Crippen MR) is 145 cm³/mol. The summed E-state index contributed by atoms with van der Waals surface area (Å²) in [4.78, 5) is 44.9. The Labute approximate surface area is 229 Å². The molecule has 1 unspecified atom stereocenters. The number of nitrogens with one attached hydrogen (secondary N) is 1. The molecule has 37 heavy (non-hydrogen) atoms. The van der Waals surface area contributed by atoms with Gasteiger partial charge in [0.15, 0.2) is 0 Å². The molecule has 3 rings (SSSR count). The molecule has 2 heterocycles. The van der Waals surface area contributed by atoms with Gasteiger partial charge >= 0.3 is 12.0 Å². The summed E-state index contributed by atoms with van der Waals surface area (Å²) in [6.07, 6.45) is 2.94. The number of carbonyl (C=O) groups is 3. The average Bonchev–Trinajstić information content (AvgIpc) is 3.06. The summed E-state index contributed by atoms with van der Waals surface area (Å²) in [5, 5.41) is 3.71. The van der Waals surface area contributed by atoms with E-state index in [9.17, 15) is 14.4 Å². The van der Waals surface area contributed by atoms with E-state index in [1.807, 2.05) is 18.7 Å². The van der Waals surface area contributed by atoms with Crippen LogP contribution in [0.5, 0.6) is 0 Å². The number of halogens is 2. The van der Waals surface area contributed by atoms with Crippen LogP contribution in [0.4, 0.5) is 4.79 Å². The first kappa shape index (κ1) is 29.0. The number of carbonyl (C=O) groups excluding carboxylic acids is 3. The van der Waals surface area contributed by atoms with Crippen molar-refractivity contribution in [3.05, 3.63) is 57.7 Å². The number of esters is 1. The minimum Gasteiger partial charge on any atom is -0.463 e. The first-order valence-electron chi connectivity index (χ1n) is 12.7. The van der Waals surface area contributed by atoms with Crippen molar-refractivity contribution in [2.45, 2.75) is 39.7 Å². The Morgan fingerprint density at radius 2 is 1.97 bits per heavy atom. The fourth-order valence-corrected chi connectivity index (χ4v) is 5.20. The van der Waals surface area contributed by atoms with Gasteiger partial charge in [-0.1, -0.05) is 49.2 Å². The predicted octanol–water partition coefficient (Wildman–Crippen LogP) is 4.64. The third-order valence-corrected chi connectivity index (χ3v) is 6.98. The zero-order valence-corrected chi connectivity index (χ0v) is 23.3. The molecule has 8 nitrogen and oxygen atoms in total. The Morgan fingerprint density at radius 1 is 1.22 bits per heavy atom. The summed E-state index contributed by atoms with van der Waals surface area (Å²) in [6.45, 7) is 13.0. The Morgan fingerprint density at radius 3 is 2.62 bits per heavy atom. The first-order valence-corrected chi connectivity index (χ1v) is 13.5. The van der Waals surface area contributed by atoms with E-state index in [0.29, 0.717) is 65.4 Å². The molecule has 1 N–H and O–H groups in total. The summed E-state index contributed by atoms with van der Waals surface area (Å²) in [5.74, 6) is -0.0637. The van der Waals surface area contributed by atoms with Crippen LogP contribution >= 0.6 is 23.2 Å². The molecule has 0 radical (unpaired) electrons. The van der Waals surface area contributed by atoms with E-state index in [1.54, 1.807) is 31.2 Å². The third-order valence-electron chi connectivity index (χ3n) is 6.42. The van der Waals surface area contributed by atoms with E-state index in [1.165, 1.54) is 4.90 Å². The van der Waals surface area contributed by atoms with Crippen LogP contribution in [0.3, 0.4) is 0 Å². The highest BCUT2D eigenvalue weighted by molar-refractivity contribution is 6.35. The molecule has 0 bridgehead atoms.